The number of anilines is 2. The lowest BCUT2D eigenvalue weighted by molar-refractivity contribution is 0.441. The van der Waals surface area contributed by atoms with Crippen LogP contribution in [0.1, 0.15) is 11.1 Å². The molecule has 0 radical (unpaired) electrons. The summed E-state index contributed by atoms with van der Waals surface area (Å²) in [5.74, 6) is 1.27. The van der Waals surface area contributed by atoms with Crippen molar-refractivity contribution in [1.29, 1.82) is 5.26 Å². The van der Waals surface area contributed by atoms with Crippen LogP contribution in [0.5, 0.6) is 11.8 Å². The zero-order valence-electron chi connectivity index (χ0n) is 15.5. The molecule has 9 heteroatoms. The van der Waals surface area contributed by atoms with Crippen molar-refractivity contribution in [2.45, 2.75) is 0 Å². The van der Waals surface area contributed by atoms with Gasteiger partial charge in [0.25, 0.3) is 0 Å². The molecule has 0 atom stereocenters. The van der Waals surface area contributed by atoms with Crippen LogP contribution in [0.2, 0.25) is 5.02 Å². The number of aromatic nitrogens is 4. The molecule has 2 aromatic carbocycles. The van der Waals surface area contributed by atoms with Crippen molar-refractivity contribution < 1.29 is 4.74 Å². The molecule has 0 aliphatic rings. The smallest absolute Gasteiger partial charge is 0.321 e. The molecule has 4 aromatic rings. The Hall–Kier alpha value is -4.22. The van der Waals surface area contributed by atoms with E-state index in [-0.39, 0.29) is 11.6 Å². The van der Waals surface area contributed by atoms with Crippen molar-refractivity contribution >= 4 is 35.1 Å². The number of aromatic amines is 1. The molecule has 0 fully saturated rings. The maximum Gasteiger partial charge on any atom is 0.321 e. The lowest BCUT2D eigenvalue weighted by Crippen LogP contribution is -1.92. The van der Waals surface area contributed by atoms with Crippen LogP contribution in [0.15, 0.2) is 72.0 Å². The van der Waals surface area contributed by atoms with Crippen LogP contribution in [0.4, 0.5) is 17.3 Å². The summed E-state index contributed by atoms with van der Waals surface area (Å²) in [7, 11) is 0. The summed E-state index contributed by atoms with van der Waals surface area (Å²) in [5, 5.41) is 20.1. The molecule has 0 aliphatic carbocycles. The van der Waals surface area contributed by atoms with Crippen molar-refractivity contribution in [3.63, 3.8) is 0 Å². The Morgan fingerprint density at radius 1 is 1.10 bits per heavy atom. The minimum Gasteiger partial charge on any atom is -0.424 e. The predicted molar refractivity (Wildman–Crippen MR) is 114 cm³/mol. The molecule has 0 bridgehead atoms. The number of hydrogen-bond acceptors (Lipinski definition) is 7. The molecule has 30 heavy (non-hydrogen) atoms. The van der Waals surface area contributed by atoms with Gasteiger partial charge in [0.15, 0.2) is 11.6 Å². The van der Waals surface area contributed by atoms with Gasteiger partial charge in [0, 0.05) is 29.3 Å². The van der Waals surface area contributed by atoms with Crippen molar-refractivity contribution in [3.05, 3.63) is 83.1 Å². The number of nitriles is 1. The quantitative estimate of drug-likeness (QED) is 0.428. The highest BCUT2D eigenvalue weighted by Gasteiger charge is 2.12. The van der Waals surface area contributed by atoms with E-state index >= 15 is 0 Å². The number of aliphatic imine (C=N–C) groups is 1. The summed E-state index contributed by atoms with van der Waals surface area (Å²) in [6.07, 6.45) is 4.81. The lowest BCUT2D eigenvalue weighted by Gasteiger charge is -2.03. The van der Waals surface area contributed by atoms with Crippen LogP contribution in [-0.4, -0.2) is 26.4 Å². The first-order chi connectivity index (χ1) is 14.7. The fourth-order valence-corrected chi connectivity index (χ4v) is 2.76. The topological polar surface area (TPSA) is 112 Å². The highest BCUT2D eigenvalue weighted by Crippen LogP contribution is 2.27. The SMILES string of the molecule is N#Cc1c(Nc2cccc(Cl)c2)n[nH]c1/N=C/c1cccc(Oc2ncccn2)c1. The van der Waals surface area contributed by atoms with Gasteiger partial charge in [-0.15, -0.1) is 0 Å². The first-order valence-electron chi connectivity index (χ1n) is 8.81. The van der Waals surface area contributed by atoms with E-state index in [1.165, 1.54) is 0 Å². The van der Waals surface area contributed by atoms with Crippen LogP contribution in [0.25, 0.3) is 0 Å². The number of nitrogens with one attached hydrogen (secondary N) is 2. The van der Waals surface area contributed by atoms with Gasteiger partial charge in [-0.1, -0.05) is 29.8 Å². The molecule has 2 heterocycles. The van der Waals surface area contributed by atoms with Gasteiger partial charge in [-0.05, 0) is 42.0 Å². The molecular weight excluding hydrogens is 402 g/mol. The molecule has 0 saturated heterocycles. The molecule has 0 aliphatic heterocycles. The molecule has 0 saturated carbocycles. The number of hydrogen-bond donors (Lipinski definition) is 2. The van der Waals surface area contributed by atoms with Crippen LogP contribution in [0.3, 0.4) is 0 Å². The summed E-state index contributed by atoms with van der Waals surface area (Å²) >= 11 is 6.00. The average molecular weight is 416 g/mol. The molecule has 0 spiro atoms. The first-order valence-corrected chi connectivity index (χ1v) is 9.19. The van der Waals surface area contributed by atoms with Crippen LogP contribution in [0, 0.1) is 11.3 Å². The largest absolute Gasteiger partial charge is 0.424 e. The third-order valence-electron chi connectivity index (χ3n) is 3.90. The summed E-state index contributed by atoms with van der Waals surface area (Å²) in [6, 6.07) is 18.5. The van der Waals surface area contributed by atoms with Crippen molar-refractivity contribution in [2.24, 2.45) is 4.99 Å². The summed E-state index contributed by atoms with van der Waals surface area (Å²) in [5.41, 5.74) is 1.77. The van der Waals surface area contributed by atoms with E-state index in [1.807, 2.05) is 18.2 Å². The standard InChI is InChI=1S/C21H14ClN7O/c22-15-5-2-6-16(11-15)27-20-18(12-23)19(28-29-20)26-13-14-4-1-7-17(10-14)30-21-24-8-3-9-25-21/h1-11,13H,(H2,27,28,29)/b26-13+. The van der Waals surface area contributed by atoms with Gasteiger partial charge in [-0.2, -0.15) is 10.4 Å². The van der Waals surface area contributed by atoms with Gasteiger partial charge in [0.1, 0.15) is 17.4 Å². The summed E-state index contributed by atoms with van der Waals surface area (Å²) in [4.78, 5) is 12.4. The Bertz CT molecular complexity index is 1230. The highest BCUT2D eigenvalue weighted by molar-refractivity contribution is 6.30. The lowest BCUT2D eigenvalue weighted by atomic mass is 10.2. The highest BCUT2D eigenvalue weighted by atomic mass is 35.5. The second-order valence-corrected chi connectivity index (χ2v) is 6.44. The van der Waals surface area contributed by atoms with Gasteiger partial charge in [-0.3, -0.25) is 5.10 Å². The van der Waals surface area contributed by atoms with Gasteiger partial charge >= 0.3 is 6.01 Å². The fraction of sp³-hybridized carbons (Fsp3) is 0. The Morgan fingerprint density at radius 2 is 1.93 bits per heavy atom. The number of nitrogens with zero attached hydrogens (tertiary/aromatic N) is 5. The molecule has 146 valence electrons. The molecule has 0 amide bonds. The molecular formula is C21H14ClN7O. The Labute approximate surface area is 176 Å². The van der Waals surface area contributed by atoms with Gasteiger partial charge < -0.3 is 10.1 Å². The van der Waals surface area contributed by atoms with Crippen molar-refractivity contribution in [2.75, 3.05) is 5.32 Å². The van der Waals surface area contributed by atoms with E-state index in [0.717, 1.165) is 5.56 Å². The molecule has 2 aromatic heterocycles. The molecule has 4 rings (SSSR count). The molecule has 2 N–H and O–H groups in total. The minimum atomic E-state index is 0.253. The van der Waals surface area contributed by atoms with Gasteiger partial charge in [-0.25, -0.2) is 15.0 Å². The van der Waals surface area contributed by atoms with Crippen LogP contribution < -0.4 is 10.1 Å². The third-order valence-corrected chi connectivity index (χ3v) is 4.13. The van der Waals surface area contributed by atoms with E-state index in [9.17, 15) is 5.26 Å². The Morgan fingerprint density at radius 3 is 2.73 bits per heavy atom. The van der Waals surface area contributed by atoms with Gasteiger partial charge in [0.2, 0.25) is 0 Å². The number of rotatable bonds is 6. The molecule has 0 unspecified atom stereocenters. The number of H-pyrrole nitrogens is 1. The van der Waals surface area contributed by atoms with E-state index in [0.29, 0.717) is 28.1 Å². The monoisotopic (exact) mass is 415 g/mol. The van der Waals surface area contributed by atoms with Crippen LogP contribution in [-0.2, 0) is 0 Å². The average Bonchev–Trinajstić information content (AvgIpc) is 3.14. The Kier molecular flexibility index (Phi) is 5.64. The second-order valence-electron chi connectivity index (χ2n) is 6.01. The fourth-order valence-electron chi connectivity index (χ4n) is 2.57. The number of halogens is 1. The van der Waals surface area contributed by atoms with Crippen molar-refractivity contribution in [3.8, 4) is 17.8 Å². The molecule has 8 nitrogen and oxygen atoms in total. The zero-order valence-corrected chi connectivity index (χ0v) is 16.2. The minimum absolute atomic E-state index is 0.253. The van der Waals surface area contributed by atoms with Crippen molar-refractivity contribution in [1.82, 2.24) is 20.2 Å². The predicted octanol–water partition coefficient (Wildman–Crippen LogP) is 5.01. The van der Waals surface area contributed by atoms with Gasteiger partial charge in [0.05, 0.1) is 0 Å². The summed E-state index contributed by atoms with van der Waals surface area (Å²) < 4.78 is 5.62. The Balaban J connectivity index is 1.52. The number of ether oxygens (including phenoxy) is 1. The van der Waals surface area contributed by atoms with E-state index in [4.69, 9.17) is 16.3 Å². The number of benzene rings is 2. The van der Waals surface area contributed by atoms with E-state index < -0.39 is 0 Å². The van der Waals surface area contributed by atoms with Crippen LogP contribution >= 0.6 is 11.6 Å². The zero-order chi connectivity index (χ0) is 20.8. The van der Waals surface area contributed by atoms with E-state index in [1.54, 1.807) is 55.0 Å². The second kappa shape index (κ2) is 8.86. The third kappa shape index (κ3) is 4.60. The maximum atomic E-state index is 9.54. The first kappa shape index (κ1) is 19.1. The van der Waals surface area contributed by atoms with E-state index in [2.05, 4.69) is 36.5 Å². The normalized spacial score (nSPS) is 10.7. The maximum absolute atomic E-state index is 9.54. The summed E-state index contributed by atoms with van der Waals surface area (Å²) in [6.45, 7) is 0.